The van der Waals surface area contributed by atoms with Crippen molar-refractivity contribution in [1.82, 2.24) is 15.2 Å². The maximum Gasteiger partial charge on any atom is 0.270 e. The molecule has 1 amide bonds. The van der Waals surface area contributed by atoms with Gasteiger partial charge in [0.1, 0.15) is 5.69 Å². The molecule has 4 rings (SSSR count). The van der Waals surface area contributed by atoms with E-state index in [1.807, 2.05) is 29.2 Å². The average molecular weight is 290 g/mol. The molecule has 2 aliphatic heterocycles. The topological polar surface area (TPSA) is 48.1 Å². The summed E-state index contributed by atoms with van der Waals surface area (Å²) < 4.78 is 0. The number of aromatic amines is 1. The molecule has 104 valence electrons. The Hall–Kier alpha value is -1.52. The molecule has 3 heterocycles. The summed E-state index contributed by atoms with van der Waals surface area (Å²) in [7, 11) is 0. The Labute approximate surface area is 122 Å². The average Bonchev–Trinajstić information content (AvgIpc) is 3.10. The first-order valence-electron chi connectivity index (χ1n) is 6.99. The lowest BCUT2D eigenvalue weighted by Gasteiger charge is -2.16. The molecule has 0 bridgehead atoms. The van der Waals surface area contributed by atoms with Crippen molar-refractivity contribution in [3.63, 3.8) is 0 Å². The number of aromatic nitrogens is 1. The monoisotopic (exact) mass is 289 g/mol. The van der Waals surface area contributed by atoms with Gasteiger partial charge in [-0.3, -0.25) is 4.79 Å². The second-order valence-electron chi connectivity index (χ2n) is 5.80. The van der Waals surface area contributed by atoms with Gasteiger partial charge in [-0.25, -0.2) is 0 Å². The number of likely N-dealkylation sites (tertiary alicyclic amines) is 1. The fourth-order valence-corrected chi connectivity index (χ4v) is 3.59. The van der Waals surface area contributed by atoms with Crippen LogP contribution in [0.15, 0.2) is 24.3 Å². The van der Waals surface area contributed by atoms with E-state index in [1.54, 1.807) is 0 Å². The number of halogens is 1. The predicted octanol–water partition coefficient (Wildman–Crippen LogP) is 2.11. The van der Waals surface area contributed by atoms with Gasteiger partial charge < -0.3 is 15.2 Å². The van der Waals surface area contributed by atoms with Crippen molar-refractivity contribution in [2.45, 2.75) is 0 Å². The molecule has 2 aliphatic rings. The minimum absolute atomic E-state index is 0.103. The van der Waals surface area contributed by atoms with E-state index in [0.717, 1.165) is 37.1 Å². The fourth-order valence-electron chi connectivity index (χ4n) is 3.41. The maximum atomic E-state index is 12.6. The SMILES string of the molecule is O=C(c1cc2cc(Cl)ccc2[nH]1)N1C[C@H]2CNC[C@H]2C1. The molecule has 0 aliphatic carbocycles. The molecule has 2 atom stereocenters. The highest BCUT2D eigenvalue weighted by Crippen LogP contribution is 2.28. The smallest absolute Gasteiger partial charge is 0.270 e. The molecule has 0 spiro atoms. The van der Waals surface area contributed by atoms with E-state index in [1.165, 1.54) is 0 Å². The summed E-state index contributed by atoms with van der Waals surface area (Å²) in [4.78, 5) is 17.7. The number of rotatable bonds is 1. The van der Waals surface area contributed by atoms with E-state index in [2.05, 4.69) is 10.3 Å². The van der Waals surface area contributed by atoms with Crippen LogP contribution in [0.25, 0.3) is 10.9 Å². The Balaban J connectivity index is 1.61. The van der Waals surface area contributed by atoms with E-state index in [4.69, 9.17) is 11.6 Å². The van der Waals surface area contributed by atoms with Crippen molar-refractivity contribution in [3.05, 3.63) is 35.0 Å². The zero-order chi connectivity index (χ0) is 13.7. The van der Waals surface area contributed by atoms with E-state index >= 15 is 0 Å². The number of amides is 1. The predicted molar refractivity (Wildman–Crippen MR) is 79.1 cm³/mol. The molecule has 2 N–H and O–H groups in total. The zero-order valence-electron chi connectivity index (χ0n) is 11.0. The fraction of sp³-hybridized carbons (Fsp3) is 0.400. The number of nitrogens with zero attached hydrogens (tertiary/aromatic N) is 1. The summed E-state index contributed by atoms with van der Waals surface area (Å²) in [5.74, 6) is 1.35. The van der Waals surface area contributed by atoms with Crippen LogP contribution in [0.1, 0.15) is 10.5 Å². The molecular formula is C15H16ClN3O. The van der Waals surface area contributed by atoms with Crippen molar-refractivity contribution in [2.75, 3.05) is 26.2 Å². The molecule has 0 unspecified atom stereocenters. The van der Waals surface area contributed by atoms with Gasteiger partial charge in [0.2, 0.25) is 0 Å². The summed E-state index contributed by atoms with van der Waals surface area (Å²) in [5, 5.41) is 5.07. The summed E-state index contributed by atoms with van der Waals surface area (Å²) >= 11 is 5.98. The summed E-state index contributed by atoms with van der Waals surface area (Å²) in [6, 6.07) is 7.53. The van der Waals surface area contributed by atoms with Crippen LogP contribution in [-0.4, -0.2) is 42.0 Å². The lowest BCUT2D eigenvalue weighted by Crippen LogP contribution is -2.32. The lowest BCUT2D eigenvalue weighted by molar-refractivity contribution is 0.0777. The highest BCUT2D eigenvalue weighted by atomic mass is 35.5. The molecule has 1 aromatic heterocycles. The van der Waals surface area contributed by atoms with Crippen LogP contribution >= 0.6 is 11.6 Å². The summed E-state index contributed by atoms with van der Waals surface area (Å²) in [5.41, 5.74) is 1.62. The minimum atomic E-state index is 0.103. The van der Waals surface area contributed by atoms with Gasteiger partial charge in [0.15, 0.2) is 0 Å². The summed E-state index contributed by atoms with van der Waals surface area (Å²) in [6.07, 6.45) is 0. The number of nitrogens with one attached hydrogen (secondary N) is 2. The number of hydrogen-bond acceptors (Lipinski definition) is 2. The largest absolute Gasteiger partial charge is 0.351 e. The first-order chi connectivity index (χ1) is 9.70. The van der Waals surface area contributed by atoms with Gasteiger partial charge >= 0.3 is 0 Å². The Kier molecular flexibility index (Phi) is 2.75. The molecule has 2 saturated heterocycles. The van der Waals surface area contributed by atoms with Gasteiger partial charge in [0.05, 0.1) is 0 Å². The van der Waals surface area contributed by atoms with Gasteiger partial charge in [0, 0.05) is 42.1 Å². The maximum absolute atomic E-state index is 12.6. The van der Waals surface area contributed by atoms with Crippen LogP contribution in [-0.2, 0) is 0 Å². The van der Waals surface area contributed by atoms with Crippen LogP contribution < -0.4 is 5.32 Å². The molecule has 1 aromatic carbocycles. The van der Waals surface area contributed by atoms with Gasteiger partial charge in [0.25, 0.3) is 5.91 Å². The highest BCUT2D eigenvalue weighted by molar-refractivity contribution is 6.31. The van der Waals surface area contributed by atoms with Crippen molar-refractivity contribution < 1.29 is 4.79 Å². The zero-order valence-corrected chi connectivity index (χ0v) is 11.8. The molecule has 2 fully saturated rings. The van der Waals surface area contributed by atoms with Crippen molar-refractivity contribution >= 4 is 28.4 Å². The highest BCUT2D eigenvalue weighted by Gasteiger charge is 2.38. The molecule has 2 aromatic rings. The molecule has 0 saturated carbocycles. The molecular weight excluding hydrogens is 274 g/mol. The van der Waals surface area contributed by atoms with Crippen LogP contribution in [0, 0.1) is 11.8 Å². The molecule has 0 radical (unpaired) electrons. The second-order valence-corrected chi connectivity index (χ2v) is 6.24. The number of carbonyl (C=O) groups excluding carboxylic acids is 1. The third-order valence-electron chi connectivity index (χ3n) is 4.49. The second kappa shape index (κ2) is 4.50. The van der Waals surface area contributed by atoms with E-state index in [9.17, 15) is 4.79 Å². The van der Waals surface area contributed by atoms with Crippen molar-refractivity contribution in [1.29, 1.82) is 0 Å². The number of fused-ring (bicyclic) bond motifs is 2. The Morgan fingerprint density at radius 3 is 2.70 bits per heavy atom. The van der Waals surface area contributed by atoms with Crippen LogP contribution in [0.2, 0.25) is 5.02 Å². The first-order valence-corrected chi connectivity index (χ1v) is 7.37. The van der Waals surface area contributed by atoms with Crippen LogP contribution in [0.3, 0.4) is 0 Å². The number of H-pyrrole nitrogens is 1. The molecule has 20 heavy (non-hydrogen) atoms. The van der Waals surface area contributed by atoms with Gasteiger partial charge in [-0.1, -0.05) is 11.6 Å². The minimum Gasteiger partial charge on any atom is -0.351 e. The standard InChI is InChI=1S/C15H16ClN3O/c16-12-1-2-13-9(3-12)4-14(18-13)15(20)19-7-10-5-17-6-11(10)8-19/h1-4,10-11,17-18H,5-8H2/t10-,11+. The number of hydrogen-bond donors (Lipinski definition) is 2. The lowest BCUT2D eigenvalue weighted by atomic mass is 10.0. The Bertz CT molecular complexity index is 669. The summed E-state index contributed by atoms with van der Waals surface area (Å²) in [6.45, 7) is 3.81. The van der Waals surface area contributed by atoms with Crippen LogP contribution in [0.4, 0.5) is 0 Å². The van der Waals surface area contributed by atoms with E-state index < -0.39 is 0 Å². The molecule has 4 nitrogen and oxygen atoms in total. The van der Waals surface area contributed by atoms with Gasteiger partial charge in [-0.05, 0) is 36.1 Å². The van der Waals surface area contributed by atoms with Gasteiger partial charge in [-0.15, -0.1) is 0 Å². The normalized spacial score (nSPS) is 25.4. The number of carbonyl (C=O) groups is 1. The third-order valence-corrected chi connectivity index (χ3v) is 4.73. The van der Waals surface area contributed by atoms with Crippen LogP contribution in [0.5, 0.6) is 0 Å². The Morgan fingerprint density at radius 1 is 1.20 bits per heavy atom. The third kappa shape index (κ3) is 1.91. The van der Waals surface area contributed by atoms with E-state index in [-0.39, 0.29) is 5.91 Å². The number of benzene rings is 1. The Morgan fingerprint density at radius 2 is 1.95 bits per heavy atom. The van der Waals surface area contributed by atoms with Gasteiger partial charge in [-0.2, -0.15) is 0 Å². The first kappa shape index (κ1) is 12.2. The van der Waals surface area contributed by atoms with Crippen molar-refractivity contribution in [3.8, 4) is 0 Å². The quantitative estimate of drug-likeness (QED) is 0.845. The van der Waals surface area contributed by atoms with E-state index in [0.29, 0.717) is 22.6 Å². The van der Waals surface area contributed by atoms with Crippen molar-refractivity contribution in [2.24, 2.45) is 11.8 Å². The molecule has 5 heteroatoms.